The molecule has 1 aromatic rings. The van der Waals surface area contributed by atoms with Gasteiger partial charge >= 0.3 is 0 Å². The highest BCUT2D eigenvalue weighted by Crippen LogP contribution is 2.38. The van der Waals surface area contributed by atoms with E-state index in [4.69, 9.17) is 19.4 Å². The van der Waals surface area contributed by atoms with Crippen molar-refractivity contribution < 1.29 is 24.2 Å². The van der Waals surface area contributed by atoms with Gasteiger partial charge in [-0.1, -0.05) is 0 Å². The number of carbonyl (C=O) groups is 1. The lowest BCUT2D eigenvalue weighted by Gasteiger charge is -2.12. The number of benzene rings is 1. The number of nitrogens with one attached hydrogen (secondary N) is 1. The molecule has 1 amide bonds. The van der Waals surface area contributed by atoms with Crippen molar-refractivity contribution in [3.8, 4) is 17.2 Å². The van der Waals surface area contributed by atoms with E-state index in [0.717, 1.165) is 0 Å². The first-order valence-corrected chi connectivity index (χ1v) is 5.08. The van der Waals surface area contributed by atoms with Crippen LogP contribution in [-0.2, 0) is 4.79 Å². The molecule has 0 aliphatic heterocycles. The first-order valence-electron chi connectivity index (χ1n) is 5.08. The van der Waals surface area contributed by atoms with Crippen LogP contribution in [0, 0.1) is 0 Å². The van der Waals surface area contributed by atoms with Crippen LogP contribution >= 0.6 is 0 Å². The number of hydrogen-bond acceptors (Lipinski definition) is 5. The van der Waals surface area contributed by atoms with Crippen LogP contribution in [0.3, 0.4) is 0 Å². The molecular formula is C12H15NO5. The molecule has 1 aromatic carbocycles. The van der Waals surface area contributed by atoms with Crippen molar-refractivity contribution in [3.63, 3.8) is 0 Å². The van der Waals surface area contributed by atoms with E-state index in [9.17, 15) is 4.79 Å². The van der Waals surface area contributed by atoms with Gasteiger partial charge in [-0.3, -0.25) is 10.0 Å². The first-order chi connectivity index (χ1) is 8.65. The molecule has 0 aromatic heterocycles. The lowest BCUT2D eigenvalue weighted by Crippen LogP contribution is -2.14. The van der Waals surface area contributed by atoms with Crippen LogP contribution in [-0.4, -0.2) is 32.4 Å². The number of amides is 1. The van der Waals surface area contributed by atoms with Crippen molar-refractivity contribution in [1.29, 1.82) is 0 Å². The summed E-state index contributed by atoms with van der Waals surface area (Å²) in [7, 11) is 4.52. The van der Waals surface area contributed by atoms with Crippen LogP contribution < -0.4 is 19.7 Å². The number of methoxy groups -OCH3 is 3. The summed E-state index contributed by atoms with van der Waals surface area (Å²) in [6, 6.07) is 3.37. The van der Waals surface area contributed by atoms with Gasteiger partial charge in [0.2, 0.25) is 5.75 Å². The molecule has 18 heavy (non-hydrogen) atoms. The van der Waals surface area contributed by atoms with Gasteiger partial charge in [-0.25, -0.2) is 5.48 Å². The van der Waals surface area contributed by atoms with Gasteiger partial charge in [-0.05, 0) is 23.8 Å². The molecule has 1 rings (SSSR count). The standard InChI is InChI=1S/C12H15NO5/c1-16-9-6-8(4-5-11(14)13-15)7-10(17-2)12(9)18-3/h4-7,15H,1-3H3,(H,13,14)/b5-4+. The number of hydrogen-bond donors (Lipinski definition) is 2. The van der Waals surface area contributed by atoms with Crippen molar-refractivity contribution >= 4 is 12.0 Å². The maximum Gasteiger partial charge on any atom is 0.267 e. The molecular weight excluding hydrogens is 238 g/mol. The number of carbonyl (C=O) groups excluding carboxylic acids is 1. The number of hydroxylamine groups is 1. The van der Waals surface area contributed by atoms with Gasteiger partial charge in [0.05, 0.1) is 21.3 Å². The van der Waals surface area contributed by atoms with Gasteiger partial charge in [-0.15, -0.1) is 0 Å². The Kier molecular flexibility index (Phi) is 5.01. The average molecular weight is 253 g/mol. The van der Waals surface area contributed by atoms with Gasteiger partial charge in [-0.2, -0.15) is 0 Å². The van der Waals surface area contributed by atoms with Crippen LogP contribution in [0.25, 0.3) is 6.08 Å². The molecule has 2 N–H and O–H groups in total. The zero-order valence-corrected chi connectivity index (χ0v) is 10.4. The number of ether oxygens (including phenoxy) is 3. The Balaban J connectivity index is 3.15. The molecule has 0 aliphatic rings. The van der Waals surface area contributed by atoms with E-state index in [0.29, 0.717) is 22.8 Å². The SMILES string of the molecule is COc1cc(/C=C/C(=O)NO)cc(OC)c1OC. The van der Waals surface area contributed by atoms with Crippen LogP contribution in [0.15, 0.2) is 18.2 Å². The maximum atomic E-state index is 10.9. The van der Waals surface area contributed by atoms with E-state index in [-0.39, 0.29) is 0 Å². The van der Waals surface area contributed by atoms with E-state index >= 15 is 0 Å². The van der Waals surface area contributed by atoms with Crippen LogP contribution in [0.1, 0.15) is 5.56 Å². The Morgan fingerprint density at radius 3 is 2.11 bits per heavy atom. The second-order valence-corrected chi connectivity index (χ2v) is 3.27. The van der Waals surface area contributed by atoms with Crippen LogP contribution in [0.5, 0.6) is 17.2 Å². The zero-order chi connectivity index (χ0) is 13.5. The Morgan fingerprint density at radius 1 is 1.17 bits per heavy atom. The normalized spacial score (nSPS) is 10.2. The maximum absolute atomic E-state index is 10.9. The zero-order valence-electron chi connectivity index (χ0n) is 10.4. The minimum Gasteiger partial charge on any atom is -0.493 e. The lowest BCUT2D eigenvalue weighted by atomic mass is 10.1. The molecule has 6 heteroatoms. The quantitative estimate of drug-likeness (QED) is 0.469. The summed E-state index contributed by atoms with van der Waals surface area (Å²) in [5.41, 5.74) is 2.18. The van der Waals surface area contributed by atoms with Gasteiger partial charge in [0.25, 0.3) is 5.91 Å². The summed E-state index contributed by atoms with van der Waals surface area (Å²) >= 11 is 0. The average Bonchev–Trinajstić information content (AvgIpc) is 2.43. The van der Waals surface area contributed by atoms with E-state index in [1.54, 1.807) is 12.1 Å². The molecule has 0 saturated heterocycles. The highest BCUT2D eigenvalue weighted by atomic mass is 16.5. The minimum absolute atomic E-state index is 0.476. The van der Waals surface area contributed by atoms with Crippen molar-refractivity contribution in [1.82, 2.24) is 5.48 Å². The van der Waals surface area contributed by atoms with Gasteiger partial charge in [0, 0.05) is 6.08 Å². The predicted octanol–water partition coefficient (Wildman–Crippen LogP) is 1.23. The van der Waals surface area contributed by atoms with Crippen molar-refractivity contribution in [2.75, 3.05) is 21.3 Å². The molecule has 0 radical (unpaired) electrons. The van der Waals surface area contributed by atoms with E-state index in [2.05, 4.69) is 0 Å². The molecule has 0 aliphatic carbocycles. The summed E-state index contributed by atoms with van der Waals surface area (Å²) in [6.07, 6.45) is 2.69. The summed E-state index contributed by atoms with van der Waals surface area (Å²) < 4.78 is 15.5. The number of rotatable bonds is 5. The fourth-order valence-electron chi connectivity index (χ4n) is 1.41. The Labute approximate surface area is 105 Å². The highest BCUT2D eigenvalue weighted by Gasteiger charge is 2.11. The van der Waals surface area contributed by atoms with Gasteiger partial charge in [0.1, 0.15) is 0 Å². The summed E-state index contributed by atoms with van der Waals surface area (Å²) in [6.45, 7) is 0. The monoisotopic (exact) mass is 253 g/mol. The van der Waals surface area contributed by atoms with Crippen LogP contribution in [0.4, 0.5) is 0 Å². The largest absolute Gasteiger partial charge is 0.493 e. The third-order valence-electron chi connectivity index (χ3n) is 2.22. The van der Waals surface area contributed by atoms with Gasteiger partial charge < -0.3 is 14.2 Å². The molecule has 98 valence electrons. The molecule has 0 spiro atoms. The Morgan fingerprint density at radius 2 is 1.72 bits per heavy atom. The topological polar surface area (TPSA) is 77.0 Å². The predicted molar refractivity (Wildman–Crippen MR) is 65.1 cm³/mol. The van der Waals surface area contributed by atoms with E-state index in [1.165, 1.54) is 39.0 Å². The summed E-state index contributed by atoms with van der Waals surface area (Å²) in [4.78, 5) is 10.9. The second kappa shape index (κ2) is 6.51. The van der Waals surface area contributed by atoms with Gasteiger partial charge in [0.15, 0.2) is 11.5 Å². The lowest BCUT2D eigenvalue weighted by molar-refractivity contribution is -0.124. The molecule has 0 heterocycles. The first kappa shape index (κ1) is 13.9. The Hall–Kier alpha value is -2.21. The van der Waals surface area contributed by atoms with E-state index < -0.39 is 5.91 Å². The van der Waals surface area contributed by atoms with Crippen molar-refractivity contribution in [2.45, 2.75) is 0 Å². The molecule has 0 fully saturated rings. The Bertz CT molecular complexity index is 431. The molecule has 6 nitrogen and oxygen atoms in total. The fourth-order valence-corrected chi connectivity index (χ4v) is 1.41. The van der Waals surface area contributed by atoms with Crippen molar-refractivity contribution in [2.24, 2.45) is 0 Å². The fraction of sp³-hybridized carbons (Fsp3) is 0.250. The highest BCUT2D eigenvalue weighted by molar-refractivity contribution is 5.91. The second-order valence-electron chi connectivity index (χ2n) is 3.27. The summed E-state index contributed by atoms with van der Waals surface area (Å²) in [5.74, 6) is 0.828. The smallest absolute Gasteiger partial charge is 0.267 e. The molecule has 0 unspecified atom stereocenters. The molecule has 0 atom stereocenters. The summed E-state index contributed by atoms with van der Waals surface area (Å²) in [5, 5.41) is 8.38. The van der Waals surface area contributed by atoms with E-state index in [1.807, 2.05) is 0 Å². The molecule has 0 saturated carbocycles. The third-order valence-corrected chi connectivity index (χ3v) is 2.22. The molecule has 0 bridgehead atoms. The van der Waals surface area contributed by atoms with Crippen LogP contribution in [0.2, 0.25) is 0 Å². The third kappa shape index (κ3) is 3.14. The minimum atomic E-state index is -0.622. The van der Waals surface area contributed by atoms with Crippen molar-refractivity contribution in [3.05, 3.63) is 23.8 Å².